The van der Waals surface area contributed by atoms with Crippen LogP contribution < -0.4 is 14.8 Å². The number of nitrogens with one attached hydrogen (secondary N) is 1. The van der Waals surface area contributed by atoms with Gasteiger partial charge in [0.05, 0.1) is 16.5 Å². The molecule has 8 heteroatoms. The highest BCUT2D eigenvalue weighted by atomic mass is 79.9. The van der Waals surface area contributed by atoms with E-state index in [2.05, 4.69) is 32.2 Å². The standard InChI is InChI=1S/C20H14BrFN2O3S/c1-3-8-27-18-13(21)9-12(10-16(18)26-2)11-17-19(25)24-20(28-17)23-15-7-5-4-6-14(15)22/h1,4-7,9-11H,8H2,2H3,(H,23,24,25)/b17-11-. The fourth-order valence-electron chi connectivity index (χ4n) is 2.36. The van der Waals surface area contributed by atoms with E-state index >= 15 is 0 Å². The van der Waals surface area contributed by atoms with Gasteiger partial charge >= 0.3 is 0 Å². The van der Waals surface area contributed by atoms with Gasteiger partial charge in [-0.3, -0.25) is 4.79 Å². The second-order valence-electron chi connectivity index (χ2n) is 5.46. The molecular weight excluding hydrogens is 447 g/mol. The molecule has 1 N–H and O–H groups in total. The first kappa shape index (κ1) is 20.0. The number of methoxy groups -OCH3 is 1. The second-order valence-corrected chi connectivity index (χ2v) is 7.35. The summed E-state index contributed by atoms with van der Waals surface area (Å²) >= 11 is 4.55. The van der Waals surface area contributed by atoms with E-state index in [1.807, 2.05) is 0 Å². The first-order valence-electron chi connectivity index (χ1n) is 7.99. The molecule has 0 spiro atoms. The molecule has 1 aliphatic heterocycles. The molecule has 3 rings (SSSR count). The van der Waals surface area contributed by atoms with Crippen LogP contribution in [0, 0.1) is 18.2 Å². The van der Waals surface area contributed by atoms with Crippen LogP contribution in [-0.4, -0.2) is 24.8 Å². The van der Waals surface area contributed by atoms with Gasteiger partial charge in [-0.25, -0.2) is 9.38 Å². The first-order valence-corrected chi connectivity index (χ1v) is 9.60. The van der Waals surface area contributed by atoms with Crippen molar-refractivity contribution in [1.82, 2.24) is 5.32 Å². The number of ether oxygens (including phenoxy) is 2. The predicted octanol–water partition coefficient (Wildman–Crippen LogP) is 4.50. The summed E-state index contributed by atoms with van der Waals surface area (Å²) < 4.78 is 25.2. The monoisotopic (exact) mass is 460 g/mol. The maximum atomic E-state index is 13.8. The van der Waals surface area contributed by atoms with Crippen LogP contribution in [-0.2, 0) is 4.79 Å². The molecule has 0 radical (unpaired) electrons. The summed E-state index contributed by atoms with van der Waals surface area (Å²) in [6.45, 7) is 0.101. The summed E-state index contributed by atoms with van der Waals surface area (Å²) in [5.74, 6) is 2.57. The highest BCUT2D eigenvalue weighted by Gasteiger charge is 2.24. The van der Waals surface area contributed by atoms with Crippen molar-refractivity contribution in [2.45, 2.75) is 0 Å². The molecule has 142 valence electrons. The highest BCUT2D eigenvalue weighted by Crippen LogP contribution is 2.38. The Morgan fingerprint density at radius 3 is 2.89 bits per heavy atom. The van der Waals surface area contributed by atoms with Gasteiger partial charge < -0.3 is 14.8 Å². The van der Waals surface area contributed by atoms with Gasteiger partial charge in [0.15, 0.2) is 16.7 Å². The second kappa shape index (κ2) is 8.95. The Labute approximate surface area is 174 Å². The quantitative estimate of drug-likeness (QED) is 0.526. The summed E-state index contributed by atoms with van der Waals surface area (Å²) in [5, 5.41) is 2.94. The van der Waals surface area contributed by atoms with E-state index in [0.29, 0.717) is 31.6 Å². The van der Waals surface area contributed by atoms with Crippen LogP contribution in [0.4, 0.5) is 10.1 Å². The van der Waals surface area contributed by atoms with E-state index in [4.69, 9.17) is 15.9 Å². The Morgan fingerprint density at radius 2 is 2.18 bits per heavy atom. The molecule has 28 heavy (non-hydrogen) atoms. The molecule has 1 saturated heterocycles. The SMILES string of the molecule is C#CCOc1c(Br)cc(/C=C2\SC(=Nc3ccccc3F)NC2=O)cc1OC. The highest BCUT2D eigenvalue weighted by molar-refractivity contribution is 9.10. The normalized spacial score (nSPS) is 16.1. The Bertz CT molecular complexity index is 1030. The van der Waals surface area contributed by atoms with Gasteiger partial charge in [0.2, 0.25) is 0 Å². The minimum Gasteiger partial charge on any atom is -0.493 e. The van der Waals surface area contributed by atoms with E-state index in [1.165, 1.54) is 19.2 Å². The van der Waals surface area contributed by atoms with Crippen LogP contribution in [0.2, 0.25) is 0 Å². The number of carbonyl (C=O) groups excluding carboxylic acids is 1. The van der Waals surface area contributed by atoms with Crippen molar-refractivity contribution in [3.05, 3.63) is 57.2 Å². The number of hydrogen-bond acceptors (Lipinski definition) is 5. The topological polar surface area (TPSA) is 59.9 Å². The number of hydrogen-bond donors (Lipinski definition) is 1. The number of amidine groups is 1. The van der Waals surface area contributed by atoms with Gasteiger partial charge in [0.1, 0.15) is 18.1 Å². The van der Waals surface area contributed by atoms with Crippen molar-refractivity contribution in [2.24, 2.45) is 4.99 Å². The summed E-state index contributed by atoms with van der Waals surface area (Å²) in [4.78, 5) is 16.8. The minimum atomic E-state index is -0.460. The molecule has 1 heterocycles. The van der Waals surface area contributed by atoms with Crippen molar-refractivity contribution in [3.63, 3.8) is 0 Å². The van der Waals surface area contributed by atoms with E-state index in [0.717, 1.165) is 11.8 Å². The Hall–Kier alpha value is -2.76. The fourth-order valence-corrected chi connectivity index (χ4v) is 3.77. The molecule has 5 nitrogen and oxygen atoms in total. The van der Waals surface area contributed by atoms with Crippen LogP contribution in [0.1, 0.15) is 5.56 Å². The summed E-state index contributed by atoms with van der Waals surface area (Å²) in [5.41, 5.74) is 0.868. The van der Waals surface area contributed by atoms with Crippen molar-refractivity contribution in [3.8, 4) is 23.8 Å². The molecule has 1 amide bonds. The minimum absolute atomic E-state index is 0.101. The summed E-state index contributed by atoms with van der Waals surface area (Å²) in [6, 6.07) is 9.60. The summed E-state index contributed by atoms with van der Waals surface area (Å²) in [6.07, 6.45) is 6.91. The lowest BCUT2D eigenvalue weighted by Gasteiger charge is -2.12. The number of thioether (sulfide) groups is 1. The lowest BCUT2D eigenvalue weighted by Crippen LogP contribution is -2.19. The third-order valence-electron chi connectivity index (χ3n) is 3.57. The van der Waals surface area contributed by atoms with Crippen LogP contribution in [0.15, 0.2) is 50.8 Å². The number of halogens is 2. The van der Waals surface area contributed by atoms with Gasteiger partial charge in [0, 0.05) is 0 Å². The Morgan fingerprint density at radius 1 is 1.39 bits per heavy atom. The van der Waals surface area contributed by atoms with Gasteiger partial charge in [-0.05, 0) is 63.6 Å². The van der Waals surface area contributed by atoms with Gasteiger partial charge in [0.25, 0.3) is 5.91 Å². The third-order valence-corrected chi connectivity index (χ3v) is 5.07. The number of aliphatic imine (C=N–C) groups is 1. The molecule has 1 aliphatic rings. The molecule has 2 aromatic rings. The zero-order valence-electron chi connectivity index (χ0n) is 14.7. The van der Waals surface area contributed by atoms with Gasteiger partial charge in [-0.15, -0.1) is 6.42 Å². The van der Waals surface area contributed by atoms with Gasteiger partial charge in [-0.1, -0.05) is 18.1 Å². The number of amides is 1. The smallest absolute Gasteiger partial charge is 0.264 e. The number of terminal acetylenes is 1. The molecular formula is C20H14BrFN2O3S. The van der Waals surface area contributed by atoms with Crippen molar-refractivity contribution in [1.29, 1.82) is 0 Å². The molecule has 0 unspecified atom stereocenters. The maximum absolute atomic E-state index is 13.8. The fraction of sp³-hybridized carbons (Fsp3) is 0.100. The molecule has 0 aromatic heterocycles. The van der Waals surface area contributed by atoms with E-state index in [1.54, 1.807) is 30.3 Å². The number of benzene rings is 2. The third kappa shape index (κ3) is 4.55. The zero-order valence-corrected chi connectivity index (χ0v) is 17.1. The molecule has 0 bridgehead atoms. The number of nitrogens with zero attached hydrogens (tertiary/aromatic N) is 1. The number of rotatable bonds is 5. The average molecular weight is 461 g/mol. The van der Waals surface area contributed by atoms with Gasteiger partial charge in [-0.2, -0.15) is 0 Å². The van der Waals surface area contributed by atoms with Crippen LogP contribution >= 0.6 is 27.7 Å². The van der Waals surface area contributed by atoms with Crippen molar-refractivity contribution in [2.75, 3.05) is 13.7 Å². The van der Waals surface area contributed by atoms with Crippen LogP contribution in [0.3, 0.4) is 0 Å². The average Bonchev–Trinajstić information content (AvgIpc) is 3.01. The van der Waals surface area contributed by atoms with Crippen LogP contribution in [0.5, 0.6) is 11.5 Å². The molecule has 2 aromatic carbocycles. The van der Waals surface area contributed by atoms with E-state index in [-0.39, 0.29) is 18.2 Å². The summed E-state index contributed by atoms with van der Waals surface area (Å²) in [7, 11) is 1.51. The zero-order chi connectivity index (χ0) is 20.1. The number of para-hydroxylation sites is 1. The molecule has 1 fully saturated rings. The molecule has 0 saturated carbocycles. The maximum Gasteiger partial charge on any atom is 0.264 e. The molecule has 0 aliphatic carbocycles. The lowest BCUT2D eigenvalue weighted by molar-refractivity contribution is -0.115. The number of carbonyl (C=O) groups is 1. The van der Waals surface area contributed by atoms with E-state index < -0.39 is 5.82 Å². The Kier molecular flexibility index (Phi) is 6.39. The van der Waals surface area contributed by atoms with Crippen molar-refractivity contribution < 1.29 is 18.7 Å². The predicted molar refractivity (Wildman–Crippen MR) is 112 cm³/mol. The first-order chi connectivity index (χ1) is 13.5. The van der Waals surface area contributed by atoms with Crippen molar-refractivity contribution >= 4 is 50.5 Å². The van der Waals surface area contributed by atoms with Crippen LogP contribution in [0.25, 0.3) is 6.08 Å². The lowest BCUT2D eigenvalue weighted by atomic mass is 10.2. The molecule has 0 atom stereocenters. The largest absolute Gasteiger partial charge is 0.493 e. The van der Waals surface area contributed by atoms with E-state index in [9.17, 15) is 9.18 Å². The Balaban J connectivity index is 1.88.